The third-order valence-electron chi connectivity index (χ3n) is 2.69. The third kappa shape index (κ3) is 5.10. The largest absolute Gasteiger partial charge is 0.380 e. The lowest BCUT2D eigenvalue weighted by molar-refractivity contribution is 0.138. The summed E-state index contributed by atoms with van der Waals surface area (Å²) in [5, 5.41) is 3.20. The minimum atomic E-state index is -0.365. The molecule has 0 unspecified atom stereocenters. The van der Waals surface area contributed by atoms with Crippen molar-refractivity contribution in [3.63, 3.8) is 0 Å². The van der Waals surface area contributed by atoms with Crippen molar-refractivity contribution in [1.29, 1.82) is 0 Å². The minimum absolute atomic E-state index is 0.334. The second-order valence-electron chi connectivity index (χ2n) is 4.31. The number of hydrogen-bond donors (Lipinski definition) is 1. The zero-order valence-electron chi connectivity index (χ0n) is 11.1. The Kier molecular flexibility index (Phi) is 6.83. The van der Waals surface area contributed by atoms with Crippen molar-refractivity contribution in [2.24, 2.45) is 0 Å². The molecule has 1 aromatic carbocycles. The van der Waals surface area contributed by atoms with Crippen LogP contribution in [0.2, 0.25) is 0 Å². The Morgan fingerprint density at radius 2 is 1.89 bits per heavy atom. The van der Waals surface area contributed by atoms with Gasteiger partial charge in [0.1, 0.15) is 11.6 Å². The molecule has 0 saturated carbocycles. The predicted octanol–water partition coefficient (Wildman–Crippen LogP) is 2.83. The highest BCUT2D eigenvalue weighted by molar-refractivity contribution is 5.25. The maximum atomic E-state index is 13.5. The highest BCUT2D eigenvalue weighted by atomic mass is 19.1. The van der Waals surface area contributed by atoms with E-state index in [1.54, 1.807) is 6.92 Å². The Bertz CT molecular complexity index is 369. The molecule has 0 heterocycles. The molecular weight excluding hydrogens is 236 g/mol. The molecule has 0 spiro atoms. The van der Waals surface area contributed by atoms with Crippen LogP contribution in [0.25, 0.3) is 0 Å². The average Bonchev–Trinajstić information content (AvgIpc) is 2.34. The SMILES string of the molecule is CCCNCCOCCc1cc(F)c(C)cc1F. The summed E-state index contributed by atoms with van der Waals surface area (Å²) in [5.74, 6) is -0.724. The van der Waals surface area contributed by atoms with Gasteiger partial charge in [0, 0.05) is 6.54 Å². The number of nitrogens with one attached hydrogen (secondary N) is 1. The molecule has 0 fully saturated rings. The van der Waals surface area contributed by atoms with E-state index in [0.29, 0.717) is 30.8 Å². The topological polar surface area (TPSA) is 21.3 Å². The molecule has 0 aromatic heterocycles. The van der Waals surface area contributed by atoms with Crippen molar-refractivity contribution in [2.45, 2.75) is 26.7 Å². The lowest BCUT2D eigenvalue weighted by Crippen LogP contribution is -2.20. The summed E-state index contributed by atoms with van der Waals surface area (Å²) in [7, 11) is 0. The molecule has 102 valence electrons. The molecule has 0 aliphatic heterocycles. The van der Waals surface area contributed by atoms with Gasteiger partial charge in [-0.25, -0.2) is 8.78 Å². The Balaban J connectivity index is 2.25. The van der Waals surface area contributed by atoms with Crippen molar-refractivity contribution in [3.05, 3.63) is 34.9 Å². The molecule has 1 aromatic rings. The fourth-order valence-corrected chi connectivity index (χ4v) is 1.61. The molecule has 4 heteroatoms. The standard InChI is InChI=1S/C14H21F2NO/c1-3-5-17-6-8-18-7-4-12-10-13(15)11(2)9-14(12)16/h9-10,17H,3-8H2,1-2H3. The molecular formula is C14H21F2NO. The summed E-state index contributed by atoms with van der Waals surface area (Å²) in [6.07, 6.45) is 1.49. The van der Waals surface area contributed by atoms with Crippen LogP contribution in [0, 0.1) is 18.6 Å². The highest BCUT2D eigenvalue weighted by Gasteiger charge is 2.06. The van der Waals surface area contributed by atoms with Crippen molar-refractivity contribution in [1.82, 2.24) is 5.32 Å². The zero-order chi connectivity index (χ0) is 13.4. The minimum Gasteiger partial charge on any atom is -0.380 e. The van der Waals surface area contributed by atoms with Crippen LogP contribution in [0.15, 0.2) is 12.1 Å². The number of aryl methyl sites for hydroxylation is 1. The van der Waals surface area contributed by atoms with Gasteiger partial charge in [0.15, 0.2) is 0 Å². The van der Waals surface area contributed by atoms with Gasteiger partial charge in [-0.15, -0.1) is 0 Å². The van der Waals surface area contributed by atoms with Crippen LogP contribution in [0.4, 0.5) is 8.78 Å². The lowest BCUT2D eigenvalue weighted by atomic mass is 10.1. The number of rotatable bonds is 8. The van der Waals surface area contributed by atoms with Crippen molar-refractivity contribution < 1.29 is 13.5 Å². The van der Waals surface area contributed by atoms with Gasteiger partial charge in [0.2, 0.25) is 0 Å². The first-order chi connectivity index (χ1) is 8.65. The van der Waals surface area contributed by atoms with Crippen LogP contribution >= 0.6 is 0 Å². The molecule has 0 atom stereocenters. The highest BCUT2D eigenvalue weighted by Crippen LogP contribution is 2.14. The fourth-order valence-electron chi connectivity index (χ4n) is 1.61. The maximum absolute atomic E-state index is 13.5. The van der Waals surface area contributed by atoms with Crippen molar-refractivity contribution in [2.75, 3.05) is 26.3 Å². The Morgan fingerprint density at radius 3 is 2.61 bits per heavy atom. The van der Waals surface area contributed by atoms with Crippen molar-refractivity contribution >= 4 is 0 Å². The van der Waals surface area contributed by atoms with Crippen LogP contribution in [0.5, 0.6) is 0 Å². The van der Waals surface area contributed by atoms with Gasteiger partial charge in [-0.2, -0.15) is 0 Å². The quantitative estimate of drug-likeness (QED) is 0.723. The van der Waals surface area contributed by atoms with Gasteiger partial charge < -0.3 is 10.1 Å². The first-order valence-corrected chi connectivity index (χ1v) is 6.38. The van der Waals surface area contributed by atoms with Gasteiger partial charge in [-0.3, -0.25) is 0 Å². The normalized spacial score (nSPS) is 10.9. The Morgan fingerprint density at radius 1 is 1.11 bits per heavy atom. The molecule has 1 N–H and O–H groups in total. The van der Waals surface area contributed by atoms with E-state index in [1.807, 2.05) is 0 Å². The van der Waals surface area contributed by atoms with E-state index in [0.717, 1.165) is 19.5 Å². The van der Waals surface area contributed by atoms with Crippen LogP contribution in [-0.4, -0.2) is 26.3 Å². The molecule has 0 saturated heterocycles. The van der Waals surface area contributed by atoms with Crippen molar-refractivity contribution in [3.8, 4) is 0 Å². The number of benzene rings is 1. The van der Waals surface area contributed by atoms with Gasteiger partial charge in [-0.1, -0.05) is 6.92 Å². The molecule has 0 aliphatic carbocycles. The maximum Gasteiger partial charge on any atom is 0.126 e. The molecule has 18 heavy (non-hydrogen) atoms. The molecule has 0 aliphatic rings. The number of halogens is 2. The van der Waals surface area contributed by atoms with Gasteiger partial charge in [0.25, 0.3) is 0 Å². The monoisotopic (exact) mass is 257 g/mol. The summed E-state index contributed by atoms with van der Waals surface area (Å²) in [4.78, 5) is 0. The first kappa shape index (κ1) is 15.1. The zero-order valence-corrected chi connectivity index (χ0v) is 11.1. The second kappa shape index (κ2) is 8.16. The average molecular weight is 257 g/mol. The number of ether oxygens (including phenoxy) is 1. The second-order valence-corrected chi connectivity index (χ2v) is 4.31. The summed E-state index contributed by atoms with van der Waals surface area (Å²) in [6.45, 7) is 6.42. The summed E-state index contributed by atoms with van der Waals surface area (Å²) >= 11 is 0. The summed E-state index contributed by atoms with van der Waals surface area (Å²) in [6, 6.07) is 2.48. The van der Waals surface area contributed by atoms with Crippen LogP contribution < -0.4 is 5.32 Å². The molecule has 0 bridgehead atoms. The molecule has 1 rings (SSSR count). The fraction of sp³-hybridized carbons (Fsp3) is 0.571. The first-order valence-electron chi connectivity index (χ1n) is 6.38. The van der Waals surface area contributed by atoms with E-state index in [9.17, 15) is 8.78 Å². The van der Waals surface area contributed by atoms with Crippen LogP contribution in [0.3, 0.4) is 0 Å². The Labute approximate surface area is 107 Å². The van der Waals surface area contributed by atoms with E-state index in [1.165, 1.54) is 12.1 Å². The van der Waals surface area contributed by atoms with Gasteiger partial charge in [-0.05, 0) is 49.6 Å². The van der Waals surface area contributed by atoms with Crippen LogP contribution in [-0.2, 0) is 11.2 Å². The summed E-state index contributed by atoms with van der Waals surface area (Å²) in [5.41, 5.74) is 0.709. The predicted molar refractivity (Wildman–Crippen MR) is 68.8 cm³/mol. The molecule has 0 radical (unpaired) electrons. The van der Waals surface area contributed by atoms with E-state index >= 15 is 0 Å². The molecule has 0 amide bonds. The Hall–Kier alpha value is -1.00. The van der Waals surface area contributed by atoms with E-state index in [4.69, 9.17) is 4.74 Å². The van der Waals surface area contributed by atoms with E-state index in [-0.39, 0.29) is 11.6 Å². The summed E-state index contributed by atoms with van der Waals surface area (Å²) < 4.78 is 32.1. The smallest absolute Gasteiger partial charge is 0.126 e. The number of hydrogen-bond acceptors (Lipinski definition) is 2. The van der Waals surface area contributed by atoms with Gasteiger partial charge >= 0.3 is 0 Å². The van der Waals surface area contributed by atoms with E-state index < -0.39 is 0 Å². The van der Waals surface area contributed by atoms with E-state index in [2.05, 4.69) is 12.2 Å². The van der Waals surface area contributed by atoms with Crippen LogP contribution in [0.1, 0.15) is 24.5 Å². The van der Waals surface area contributed by atoms with Gasteiger partial charge in [0.05, 0.1) is 13.2 Å². The third-order valence-corrected chi connectivity index (χ3v) is 2.69. The lowest BCUT2D eigenvalue weighted by Gasteiger charge is -2.07. The molecule has 2 nitrogen and oxygen atoms in total.